The highest BCUT2D eigenvalue weighted by atomic mass is 19.1. The number of pyridine rings is 1. The summed E-state index contributed by atoms with van der Waals surface area (Å²) >= 11 is 0. The van der Waals surface area contributed by atoms with E-state index in [0.717, 1.165) is 11.3 Å². The first kappa shape index (κ1) is 19.3. The summed E-state index contributed by atoms with van der Waals surface area (Å²) < 4.78 is 18.9. The van der Waals surface area contributed by atoms with Crippen molar-refractivity contribution in [3.8, 4) is 22.5 Å². The molecule has 0 saturated heterocycles. The summed E-state index contributed by atoms with van der Waals surface area (Å²) in [5.74, 6) is -0.411. The van der Waals surface area contributed by atoms with E-state index in [2.05, 4.69) is 20.8 Å². The zero-order valence-corrected chi connectivity index (χ0v) is 16.2. The topological polar surface area (TPSA) is 80.1 Å². The Labute approximate surface area is 172 Å². The predicted molar refractivity (Wildman–Crippen MR) is 113 cm³/mol. The van der Waals surface area contributed by atoms with Crippen LogP contribution in [0.2, 0.25) is 0 Å². The molecule has 2 aromatic carbocycles. The van der Waals surface area contributed by atoms with Crippen molar-refractivity contribution in [2.24, 2.45) is 0 Å². The van der Waals surface area contributed by atoms with Gasteiger partial charge in [0.25, 0.3) is 0 Å². The normalized spacial score (nSPS) is 10.6. The van der Waals surface area contributed by atoms with Crippen LogP contribution in [-0.2, 0) is 11.2 Å². The number of hydrogen-bond acceptors (Lipinski definition) is 5. The van der Waals surface area contributed by atoms with Crippen LogP contribution in [0.3, 0.4) is 0 Å². The van der Waals surface area contributed by atoms with Crippen molar-refractivity contribution in [1.29, 1.82) is 0 Å². The van der Waals surface area contributed by atoms with Gasteiger partial charge in [0, 0.05) is 18.8 Å². The number of hydrogen-bond donors (Lipinski definition) is 2. The molecule has 0 saturated carbocycles. The van der Waals surface area contributed by atoms with Gasteiger partial charge >= 0.3 is 0 Å². The number of carbonyl (C=O) groups is 1. The Bertz CT molecular complexity index is 1160. The van der Waals surface area contributed by atoms with E-state index in [0.29, 0.717) is 22.5 Å². The lowest BCUT2D eigenvalue weighted by atomic mass is 10.0. The first-order valence-electron chi connectivity index (χ1n) is 9.38. The number of aromatic nitrogens is 2. The Hall–Kier alpha value is -4.00. The smallest absolute Gasteiger partial charge is 0.241 e. The minimum absolute atomic E-state index is 0.186. The van der Waals surface area contributed by atoms with Crippen LogP contribution in [0.1, 0.15) is 5.56 Å². The molecule has 2 aromatic heterocycles. The maximum Gasteiger partial charge on any atom is 0.241 e. The standard InChI is InChI=1S/C23H19FN4O2/c1-25-18-8-5-13-26-22(18)20-21(16-9-11-17(24)12-10-16)28-30-23(20)27-19(29)14-15-6-3-2-4-7-15/h2-13,25H,14H2,1H3,(H,27,29). The molecule has 6 nitrogen and oxygen atoms in total. The van der Waals surface area contributed by atoms with Crippen LogP contribution in [0, 0.1) is 5.82 Å². The van der Waals surface area contributed by atoms with E-state index in [1.54, 1.807) is 31.4 Å². The molecule has 4 aromatic rings. The molecule has 2 N–H and O–H groups in total. The molecule has 2 heterocycles. The van der Waals surface area contributed by atoms with E-state index >= 15 is 0 Å². The van der Waals surface area contributed by atoms with Gasteiger partial charge in [0.15, 0.2) is 0 Å². The van der Waals surface area contributed by atoms with Gasteiger partial charge in [-0.15, -0.1) is 0 Å². The van der Waals surface area contributed by atoms with Gasteiger partial charge in [0.2, 0.25) is 11.8 Å². The van der Waals surface area contributed by atoms with Crippen molar-refractivity contribution in [1.82, 2.24) is 10.1 Å². The molecule has 150 valence electrons. The average molecular weight is 402 g/mol. The molecule has 0 radical (unpaired) electrons. The fourth-order valence-electron chi connectivity index (χ4n) is 3.16. The van der Waals surface area contributed by atoms with E-state index in [9.17, 15) is 9.18 Å². The molecule has 4 rings (SSSR count). The van der Waals surface area contributed by atoms with E-state index in [4.69, 9.17) is 4.52 Å². The second-order valence-electron chi connectivity index (χ2n) is 6.60. The molecule has 0 spiro atoms. The van der Waals surface area contributed by atoms with E-state index in [-0.39, 0.29) is 24.0 Å². The molecule has 0 atom stereocenters. The molecule has 7 heteroatoms. The van der Waals surface area contributed by atoms with Crippen molar-refractivity contribution in [2.45, 2.75) is 6.42 Å². The summed E-state index contributed by atoms with van der Waals surface area (Å²) in [5, 5.41) is 10.0. The fraction of sp³-hybridized carbons (Fsp3) is 0.0870. The highest BCUT2D eigenvalue weighted by molar-refractivity contribution is 5.99. The van der Waals surface area contributed by atoms with Crippen molar-refractivity contribution in [2.75, 3.05) is 17.7 Å². The van der Waals surface area contributed by atoms with Crippen LogP contribution in [0.15, 0.2) is 77.4 Å². The lowest BCUT2D eigenvalue weighted by Gasteiger charge is -2.10. The molecule has 0 aliphatic carbocycles. The number of halogens is 1. The third-order valence-electron chi connectivity index (χ3n) is 4.58. The molecule has 0 unspecified atom stereocenters. The Balaban J connectivity index is 1.75. The second kappa shape index (κ2) is 8.57. The summed E-state index contributed by atoms with van der Waals surface area (Å²) in [6.07, 6.45) is 1.83. The van der Waals surface area contributed by atoms with Crippen LogP contribution < -0.4 is 10.6 Å². The van der Waals surface area contributed by atoms with Gasteiger partial charge in [0.05, 0.1) is 17.7 Å². The van der Waals surface area contributed by atoms with Gasteiger partial charge in [-0.1, -0.05) is 35.5 Å². The summed E-state index contributed by atoms with van der Waals surface area (Å²) in [4.78, 5) is 17.1. The van der Waals surface area contributed by atoms with Gasteiger partial charge in [-0.3, -0.25) is 15.1 Å². The van der Waals surface area contributed by atoms with Gasteiger partial charge in [-0.05, 0) is 42.0 Å². The van der Waals surface area contributed by atoms with Crippen LogP contribution in [0.4, 0.5) is 16.0 Å². The van der Waals surface area contributed by atoms with Gasteiger partial charge in [-0.25, -0.2) is 4.39 Å². The van der Waals surface area contributed by atoms with E-state index in [1.165, 1.54) is 12.1 Å². The summed E-state index contributed by atoms with van der Waals surface area (Å²) in [5.41, 5.74) is 3.81. The lowest BCUT2D eigenvalue weighted by Crippen LogP contribution is -2.14. The third-order valence-corrected chi connectivity index (χ3v) is 4.58. The Morgan fingerprint density at radius 2 is 1.77 bits per heavy atom. The number of amides is 1. The van der Waals surface area contributed by atoms with Crippen LogP contribution in [0.5, 0.6) is 0 Å². The van der Waals surface area contributed by atoms with Crippen molar-refractivity contribution >= 4 is 17.5 Å². The number of benzene rings is 2. The maximum absolute atomic E-state index is 13.4. The zero-order chi connectivity index (χ0) is 20.9. The number of nitrogens with one attached hydrogen (secondary N) is 2. The quantitative estimate of drug-likeness (QED) is 0.486. The summed E-state index contributed by atoms with van der Waals surface area (Å²) in [6, 6.07) is 19.0. The Morgan fingerprint density at radius 3 is 2.50 bits per heavy atom. The first-order valence-corrected chi connectivity index (χ1v) is 9.38. The largest absolute Gasteiger partial charge is 0.386 e. The number of carbonyl (C=O) groups excluding carboxylic acids is 1. The first-order chi connectivity index (χ1) is 14.7. The Morgan fingerprint density at radius 1 is 1.00 bits per heavy atom. The summed E-state index contributed by atoms with van der Waals surface area (Å²) in [7, 11) is 1.78. The number of rotatable bonds is 6. The zero-order valence-electron chi connectivity index (χ0n) is 16.2. The van der Waals surface area contributed by atoms with Gasteiger partial charge in [0.1, 0.15) is 17.2 Å². The Kier molecular flexibility index (Phi) is 5.52. The van der Waals surface area contributed by atoms with E-state index in [1.807, 2.05) is 36.4 Å². The summed E-state index contributed by atoms with van der Waals surface area (Å²) in [6.45, 7) is 0. The molecule has 0 aliphatic heterocycles. The molecular weight excluding hydrogens is 383 g/mol. The molecule has 1 amide bonds. The van der Waals surface area contributed by atoms with Crippen molar-refractivity contribution in [3.63, 3.8) is 0 Å². The minimum atomic E-state index is -0.353. The minimum Gasteiger partial charge on any atom is -0.386 e. The highest BCUT2D eigenvalue weighted by Gasteiger charge is 2.24. The molecule has 0 aliphatic rings. The lowest BCUT2D eigenvalue weighted by molar-refractivity contribution is -0.115. The van der Waals surface area contributed by atoms with Crippen LogP contribution in [-0.4, -0.2) is 23.1 Å². The van der Waals surface area contributed by atoms with Crippen LogP contribution >= 0.6 is 0 Å². The van der Waals surface area contributed by atoms with Crippen LogP contribution in [0.25, 0.3) is 22.5 Å². The molecule has 30 heavy (non-hydrogen) atoms. The van der Waals surface area contributed by atoms with Gasteiger partial charge < -0.3 is 9.84 Å². The second-order valence-corrected chi connectivity index (χ2v) is 6.60. The highest BCUT2D eigenvalue weighted by Crippen LogP contribution is 2.39. The van der Waals surface area contributed by atoms with Crippen molar-refractivity contribution < 1.29 is 13.7 Å². The number of nitrogens with zero attached hydrogens (tertiary/aromatic N) is 2. The third kappa shape index (κ3) is 4.05. The molecule has 0 fully saturated rings. The van der Waals surface area contributed by atoms with Crippen molar-refractivity contribution in [3.05, 3.63) is 84.3 Å². The monoisotopic (exact) mass is 402 g/mol. The molecular formula is C23H19FN4O2. The predicted octanol–water partition coefficient (Wildman–Crippen LogP) is 4.77. The van der Waals surface area contributed by atoms with Gasteiger partial charge in [-0.2, -0.15) is 0 Å². The number of anilines is 2. The SMILES string of the molecule is CNc1cccnc1-c1c(-c2ccc(F)cc2)noc1NC(=O)Cc1ccccc1. The molecule has 0 bridgehead atoms. The maximum atomic E-state index is 13.4. The average Bonchev–Trinajstić information content (AvgIpc) is 3.18. The fourth-order valence-corrected chi connectivity index (χ4v) is 3.16. The van der Waals surface area contributed by atoms with E-state index < -0.39 is 0 Å².